The van der Waals surface area contributed by atoms with E-state index in [1.807, 2.05) is 31.2 Å². The van der Waals surface area contributed by atoms with E-state index < -0.39 is 5.60 Å². The lowest BCUT2D eigenvalue weighted by molar-refractivity contribution is 0.0231. The highest BCUT2D eigenvalue weighted by atomic mass is 35.5. The molecule has 1 spiro atoms. The van der Waals surface area contributed by atoms with Gasteiger partial charge in [-0.15, -0.1) is 0 Å². The number of ketones is 1. The predicted molar refractivity (Wildman–Crippen MR) is 92.0 cm³/mol. The average Bonchev–Trinajstić information content (AvgIpc) is 2.54. The molecule has 5 nitrogen and oxygen atoms in total. The van der Waals surface area contributed by atoms with E-state index in [1.165, 1.54) is 0 Å². The van der Waals surface area contributed by atoms with E-state index in [9.17, 15) is 4.79 Å². The largest absolute Gasteiger partial charge is 0.486 e. The fraction of sp³-hybridized carbons (Fsp3) is 0.389. The van der Waals surface area contributed by atoms with Crippen LogP contribution in [0.15, 0.2) is 30.3 Å². The number of para-hydroxylation sites is 1. The summed E-state index contributed by atoms with van der Waals surface area (Å²) < 4.78 is 6.26. The summed E-state index contributed by atoms with van der Waals surface area (Å²) in [5, 5.41) is 0.454. The molecule has 1 aromatic carbocycles. The van der Waals surface area contributed by atoms with Gasteiger partial charge >= 0.3 is 0 Å². The van der Waals surface area contributed by atoms with Crippen molar-refractivity contribution >= 4 is 23.2 Å². The fourth-order valence-electron chi connectivity index (χ4n) is 3.54. The number of aromatic nitrogens is 2. The van der Waals surface area contributed by atoms with Gasteiger partial charge < -0.3 is 9.64 Å². The van der Waals surface area contributed by atoms with Crippen LogP contribution in [-0.4, -0.2) is 34.4 Å². The summed E-state index contributed by atoms with van der Waals surface area (Å²) in [6.45, 7) is 3.39. The molecule has 0 unspecified atom stereocenters. The van der Waals surface area contributed by atoms with E-state index >= 15 is 0 Å². The Labute approximate surface area is 145 Å². The molecule has 2 aliphatic rings. The van der Waals surface area contributed by atoms with Gasteiger partial charge in [0.05, 0.1) is 12.0 Å². The van der Waals surface area contributed by atoms with Gasteiger partial charge in [0.1, 0.15) is 28.1 Å². The van der Waals surface area contributed by atoms with Crippen molar-refractivity contribution in [3.63, 3.8) is 0 Å². The third kappa shape index (κ3) is 2.73. The minimum absolute atomic E-state index is 0.172. The Balaban J connectivity index is 1.53. The summed E-state index contributed by atoms with van der Waals surface area (Å²) in [6, 6.07) is 9.29. The molecular weight excluding hydrogens is 326 g/mol. The number of aryl methyl sites for hydroxylation is 1. The van der Waals surface area contributed by atoms with E-state index in [2.05, 4.69) is 14.9 Å². The Morgan fingerprint density at radius 2 is 1.96 bits per heavy atom. The van der Waals surface area contributed by atoms with Crippen molar-refractivity contribution < 1.29 is 9.53 Å². The number of benzene rings is 1. The topological polar surface area (TPSA) is 55.3 Å². The van der Waals surface area contributed by atoms with Gasteiger partial charge in [-0.3, -0.25) is 4.79 Å². The molecule has 4 rings (SSSR count). The van der Waals surface area contributed by atoms with Crippen LogP contribution in [0, 0.1) is 6.92 Å². The third-order valence-electron chi connectivity index (χ3n) is 4.79. The molecule has 24 heavy (non-hydrogen) atoms. The smallest absolute Gasteiger partial charge is 0.170 e. The number of hydrogen-bond acceptors (Lipinski definition) is 5. The van der Waals surface area contributed by atoms with Gasteiger partial charge in [-0.25, -0.2) is 9.97 Å². The summed E-state index contributed by atoms with van der Waals surface area (Å²) in [5.41, 5.74) is 0.303. The van der Waals surface area contributed by atoms with Gasteiger partial charge in [0.25, 0.3) is 0 Å². The maximum atomic E-state index is 12.5. The second-order valence-electron chi connectivity index (χ2n) is 6.46. The summed E-state index contributed by atoms with van der Waals surface area (Å²) in [7, 11) is 0. The van der Waals surface area contributed by atoms with Gasteiger partial charge in [-0.2, -0.15) is 0 Å². The Bertz CT molecular complexity index is 780. The maximum Gasteiger partial charge on any atom is 0.170 e. The van der Waals surface area contributed by atoms with Crippen molar-refractivity contribution in [3.05, 3.63) is 46.9 Å². The van der Waals surface area contributed by atoms with E-state index in [0.29, 0.717) is 28.7 Å². The molecule has 1 aromatic heterocycles. The maximum absolute atomic E-state index is 12.5. The minimum Gasteiger partial charge on any atom is -0.486 e. The normalized spacial score (nSPS) is 19.1. The van der Waals surface area contributed by atoms with E-state index in [0.717, 1.165) is 31.7 Å². The number of piperidine rings is 1. The van der Waals surface area contributed by atoms with Crippen LogP contribution in [-0.2, 0) is 0 Å². The number of hydrogen-bond donors (Lipinski definition) is 0. The summed E-state index contributed by atoms with van der Waals surface area (Å²) in [4.78, 5) is 23.2. The van der Waals surface area contributed by atoms with Crippen LogP contribution in [0.4, 0.5) is 5.82 Å². The first-order valence-corrected chi connectivity index (χ1v) is 8.50. The summed E-state index contributed by atoms with van der Waals surface area (Å²) in [6.07, 6.45) is 2.02. The SMILES string of the molecule is Cc1nc(Cl)cc(N2CCC3(CC2)CC(=O)c2ccccc2O3)n1. The van der Waals surface area contributed by atoms with E-state index in [1.54, 1.807) is 6.07 Å². The zero-order chi connectivity index (χ0) is 16.7. The van der Waals surface area contributed by atoms with Crippen molar-refractivity contribution in [2.75, 3.05) is 18.0 Å². The molecule has 1 saturated heterocycles. The molecule has 2 aliphatic heterocycles. The first kappa shape index (κ1) is 15.4. The van der Waals surface area contributed by atoms with Gasteiger partial charge in [0.15, 0.2) is 5.78 Å². The van der Waals surface area contributed by atoms with Crippen molar-refractivity contribution in [1.29, 1.82) is 0 Å². The number of rotatable bonds is 1. The van der Waals surface area contributed by atoms with Crippen molar-refractivity contribution in [2.24, 2.45) is 0 Å². The Morgan fingerprint density at radius 1 is 1.21 bits per heavy atom. The lowest BCUT2D eigenvalue weighted by Gasteiger charge is -2.44. The average molecular weight is 344 g/mol. The van der Waals surface area contributed by atoms with Crippen LogP contribution < -0.4 is 9.64 Å². The molecule has 124 valence electrons. The van der Waals surface area contributed by atoms with Crippen molar-refractivity contribution in [2.45, 2.75) is 31.8 Å². The number of halogens is 1. The second-order valence-corrected chi connectivity index (χ2v) is 6.85. The van der Waals surface area contributed by atoms with Gasteiger partial charge in [-0.1, -0.05) is 23.7 Å². The standard InChI is InChI=1S/C18H18ClN3O2/c1-12-20-16(19)10-17(21-12)22-8-6-18(7-9-22)11-14(23)13-4-2-3-5-15(13)24-18/h2-5,10H,6-9,11H2,1H3. The van der Waals surface area contributed by atoms with Crippen LogP contribution in [0.1, 0.15) is 35.4 Å². The van der Waals surface area contributed by atoms with Crippen LogP contribution in [0.3, 0.4) is 0 Å². The van der Waals surface area contributed by atoms with E-state index in [-0.39, 0.29) is 5.78 Å². The molecule has 6 heteroatoms. The molecule has 0 saturated carbocycles. The molecule has 2 aromatic rings. The number of fused-ring (bicyclic) bond motifs is 1. The van der Waals surface area contributed by atoms with Gasteiger partial charge in [-0.05, 0) is 19.1 Å². The Kier molecular flexibility index (Phi) is 3.68. The molecule has 0 aliphatic carbocycles. The Hall–Kier alpha value is -2.14. The predicted octanol–water partition coefficient (Wildman–Crippen LogP) is 3.44. The first-order valence-electron chi connectivity index (χ1n) is 8.12. The monoisotopic (exact) mass is 343 g/mol. The minimum atomic E-state index is -0.395. The molecule has 0 amide bonds. The van der Waals surface area contributed by atoms with Gasteiger partial charge in [0, 0.05) is 32.0 Å². The van der Waals surface area contributed by atoms with Crippen LogP contribution in [0.2, 0.25) is 5.15 Å². The summed E-state index contributed by atoms with van der Waals surface area (Å²) in [5.74, 6) is 2.38. The number of Topliss-reactive ketones (excluding diaryl/α,β-unsaturated/α-hetero) is 1. The number of carbonyl (C=O) groups is 1. The molecule has 0 radical (unpaired) electrons. The van der Waals surface area contributed by atoms with Crippen molar-refractivity contribution in [1.82, 2.24) is 9.97 Å². The molecule has 0 bridgehead atoms. The van der Waals surface area contributed by atoms with Crippen LogP contribution in [0.25, 0.3) is 0 Å². The molecule has 3 heterocycles. The van der Waals surface area contributed by atoms with Crippen LogP contribution >= 0.6 is 11.6 Å². The second kappa shape index (κ2) is 5.74. The number of nitrogens with zero attached hydrogens (tertiary/aromatic N) is 3. The van der Waals surface area contributed by atoms with Crippen LogP contribution in [0.5, 0.6) is 5.75 Å². The highest BCUT2D eigenvalue weighted by Gasteiger charge is 2.43. The fourth-order valence-corrected chi connectivity index (χ4v) is 3.76. The summed E-state index contributed by atoms with van der Waals surface area (Å²) >= 11 is 6.04. The lowest BCUT2D eigenvalue weighted by Crippen LogP contribution is -2.51. The zero-order valence-corrected chi connectivity index (χ0v) is 14.2. The number of ether oxygens (including phenoxy) is 1. The number of anilines is 1. The van der Waals surface area contributed by atoms with E-state index in [4.69, 9.17) is 16.3 Å². The zero-order valence-electron chi connectivity index (χ0n) is 13.5. The first-order chi connectivity index (χ1) is 11.5. The number of carbonyl (C=O) groups excluding carboxylic acids is 1. The molecule has 1 fully saturated rings. The lowest BCUT2D eigenvalue weighted by atomic mass is 9.82. The van der Waals surface area contributed by atoms with Crippen molar-refractivity contribution in [3.8, 4) is 5.75 Å². The highest BCUT2D eigenvalue weighted by molar-refractivity contribution is 6.29. The molecule has 0 N–H and O–H groups in total. The molecular formula is C18H18ClN3O2. The Morgan fingerprint density at radius 3 is 2.71 bits per heavy atom. The highest BCUT2D eigenvalue weighted by Crippen LogP contribution is 2.39. The van der Waals surface area contributed by atoms with Gasteiger partial charge in [0.2, 0.25) is 0 Å². The molecule has 0 atom stereocenters. The third-order valence-corrected chi connectivity index (χ3v) is 4.98. The quantitative estimate of drug-likeness (QED) is 0.742.